The molecule has 25 heavy (non-hydrogen) atoms. The molecule has 1 aliphatic heterocycles. The van der Waals surface area contributed by atoms with E-state index >= 15 is 0 Å². The van der Waals surface area contributed by atoms with Crippen LogP contribution in [0, 0.1) is 11.8 Å². The van der Waals surface area contributed by atoms with Gasteiger partial charge in [-0.3, -0.25) is 19.1 Å². The van der Waals surface area contributed by atoms with Gasteiger partial charge < -0.3 is 14.9 Å². The number of carbonyl (C=O) groups excluding carboxylic acids is 2. The largest absolute Gasteiger partial charge is 0.481 e. The molecule has 1 aromatic rings. The molecule has 1 aliphatic carbocycles. The van der Waals surface area contributed by atoms with E-state index in [1.165, 1.54) is 4.90 Å². The van der Waals surface area contributed by atoms with Crippen LogP contribution in [-0.4, -0.2) is 69.2 Å². The van der Waals surface area contributed by atoms with Gasteiger partial charge in [0.2, 0.25) is 11.8 Å². The van der Waals surface area contributed by atoms with Crippen molar-refractivity contribution < 1.29 is 19.5 Å². The normalized spacial score (nSPS) is 25.5. The number of aliphatic carboxylic acids is 1. The second-order valence-corrected chi connectivity index (χ2v) is 7.11. The highest BCUT2D eigenvalue weighted by atomic mass is 16.4. The van der Waals surface area contributed by atoms with Crippen LogP contribution in [0.4, 0.5) is 0 Å². The van der Waals surface area contributed by atoms with Crippen LogP contribution >= 0.6 is 0 Å². The summed E-state index contributed by atoms with van der Waals surface area (Å²) in [5.74, 6) is -1.48. The van der Waals surface area contributed by atoms with E-state index in [1.807, 2.05) is 13.2 Å². The van der Waals surface area contributed by atoms with Crippen molar-refractivity contribution in [2.24, 2.45) is 18.9 Å². The second-order valence-electron chi connectivity index (χ2n) is 7.11. The number of piperidine rings is 1. The minimum Gasteiger partial charge on any atom is -0.481 e. The molecule has 2 aliphatic rings. The lowest BCUT2D eigenvalue weighted by molar-refractivity contribution is -0.147. The zero-order valence-electron chi connectivity index (χ0n) is 14.6. The summed E-state index contributed by atoms with van der Waals surface area (Å²) >= 11 is 0. The molecular formula is C17H24N4O4. The van der Waals surface area contributed by atoms with Gasteiger partial charge in [0.25, 0.3) is 0 Å². The van der Waals surface area contributed by atoms with Crippen molar-refractivity contribution >= 4 is 17.8 Å². The van der Waals surface area contributed by atoms with Crippen LogP contribution in [0.25, 0.3) is 0 Å². The molecule has 1 aromatic heterocycles. The van der Waals surface area contributed by atoms with Gasteiger partial charge in [-0.15, -0.1) is 0 Å². The summed E-state index contributed by atoms with van der Waals surface area (Å²) in [5.41, 5.74) is 1.06. The SMILES string of the molecule is CN(CC(=O)N1CCCC(C(=O)O)C1)C(=O)C1CC1c1cnn(C)c1. The number of nitrogens with zero attached hydrogens (tertiary/aromatic N) is 4. The first-order chi connectivity index (χ1) is 11.9. The van der Waals surface area contributed by atoms with Gasteiger partial charge >= 0.3 is 5.97 Å². The van der Waals surface area contributed by atoms with E-state index in [4.69, 9.17) is 5.11 Å². The molecule has 0 radical (unpaired) electrons. The first-order valence-corrected chi connectivity index (χ1v) is 8.61. The lowest BCUT2D eigenvalue weighted by atomic mass is 9.98. The van der Waals surface area contributed by atoms with Crippen molar-refractivity contribution in [2.45, 2.75) is 25.2 Å². The van der Waals surface area contributed by atoms with Crippen molar-refractivity contribution in [1.29, 1.82) is 0 Å². The van der Waals surface area contributed by atoms with E-state index in [9.17, 15) is 14.4 Å². The van der Waals surface area contributed by atoms with Crippen LogP contribution in [0.3, 0.4) is 0 Å². The number of hydrogen-bond donors (Lipinski definition) is 1. The van der Waals surface area contributed by atoms with E-state index in [0.29, 0.717) is 19.4 Å². The Bertz CT molecular complexity index is 686. The number of rotatable bonds is 5. The number of carboxylic acid groups (broad SMARTS) is 1. The Kier molecular flexibility index (Phi) is 4.78. The lowest BCUT2D eigenvalue weighted by Crippen LogP contribution is -2.47. The summed E-state index contributed by atoms with van der Waals surface area (Å²) in [7, 11) is 3.48. The monoisotopic (exact) mass is 348 g/mol. The molecule has 3 atom stereocenters. The van der Waals surface area contributed by atoms with Crippen LogP contribution in [0.1, 0.15) is 30.7 Å². The standard InChI is InChI=1S/C17H24N4O4/c1-19(10-15(22)21-5-3-4-11(9-21)17(24)25)16(23)14-6-13(14)12-7-18-20(2)8-12/h7-8,11,13-14H,3-6,9-10H2,1-2H3,(H,24,25). The number of carbonyl (C=O) groups is 3. The number of likely N-dealkylation sites (N-methyl/N-ethyl adjacent to an activating group) is 1. The number of aryl methyl sites for hydroxylation is 1. The average molecular weight is 348 g/mol. The Balaban J connectivity index is 1.51. The fourth-order valence-corrected chi connectivity index (χ4v) is 3.54. The van der Waals surface area contributed by atoms with Gasteiger partial charge in [0.1, 0.15) is 0 Å². The third-order valence-electron chi connectivity index (χ3n) is 5.13. The number of carboxylic acids is 1. The Morgan fingerprint density at radius 2 is 2.16 bits per heavy atom. The van der Waals surface area contributed by atoms with Crippen LogP contribution in [0.15, 0.2) is 12.4 Å². The molecule has 0 bridgehead atoms. The third kappa shape index (κ3) is 3.83. The van der Waals surface area contributed by atoms with E-state index in [1.54, 1.807) is 22.8 Å². The van der Waals surface area contributed by atoms with Crippen LogP contribution < -0.4 is 0 Å². The summed E-state index contributed by atoms with van der Waals surface area (Å²) in [4.78, 5) is 39.1. The van der Waals surface area contributed by atoms with E-state index in [-0.39, 0.29) is 36.7 Å². The second kappa shape index (κ2) is 6.85. The smallest absolute Gasteiger partial charge is 0.308 e. The van der Waals surface area contributed by atoms with Crippen molar-refractivity contribution in [2.75, 3.05) is 26.7 Å². The van der Waals surface area contributed by atoms with Crippen molar-refractivity contribution in [1.82, 2.24) is 19.6 Å². The lowest BCUT2D eigenvalue weighted by Gasteiger charge is -2.32. The zero-order chi connectivity index (χ0) is 18.1. The van der Waals surface area contributed by atoms with Crippen molar-refractivity contribution in [3.63, 3.8) is 0 Å². The van der Waals surface area contributed by atoms with Crippen LogP contribution in [0.5, 0.6) is 0 Å². The van der Waals surface area contributed by atoms with Gasteiger partial charge in [0.15, 0.2) is 0 Å². The molecule has 136 valence electrons. The quantitative estimate of drug-likeness (QED) is 0.826. The maximum atomic E-state index is 12.5. The first kappa shape index (κ1) is 17.4. The Labute approximate surface area is 146 Å². The molecule has 8 nitrogen and oxygen atoms in total. The minimum atomic E-state index is -0.862. The highest BCUT2D eigenvalue weighted by molar-refractivity contribution is 5.88. The summed E-state index contributed by atoms with van der Waals surface area (Å²) in [6.45, 7) is 0.797. The third-order valence-corrected chi connectivity index (χ3v) is 5.13. The molecule has 2 heterocycles. The Morgan fingerprint density at radius 1 is 1.40 bits per heavy atom. The number of likely N-dealkylation sites (tertiary alicyclic amines) is 1. The fourth-order valence-electron chi connectivity index (χ4n) is 3.54. The molecule has 2 amide bonds. The number of hydrogen-bond acceptors (Lipinski definition) is 4. The Morgan fingerprint density at radius 3 is 2.80 bits per heavy atom. The van der Waals surface area contributed by atoms with E-state index in [2.05, 4.69) is 5.10 Å². The molecule has 0 aromatic carbocycles. The molecule has 3 rings (SSSR count). The summed E-state index contributed by atoms with van der Waals surface area (Å²) in [6, 6.07) is 0. The fraction of sp³-hybridized carbons (Fsp3) is 0.647. The Hall–Kier alpha value is -2.38. The van der Waals surface area contributed by atoms with Crippen LogP contribution in [-0.2, 0) is 21.4 Å². The van der Waals surface area contributed by atoms with E-state index in [0.717, 1.165) is 12.0 Å². The zero-order valence-corrected chi connectivity index (χ0v) is 14.6. The maximum Gasteiger partial charge on any atom is 0.308 e. The molecule has 1 saturated heterocycles. The van der Waals surface area contributed by atoms with Gasteiger partial charge in [-0.2, -0.15) is 5.10 Å². The van der Waals surface area contributed by atoms with Crippen molar-refractivity contribution in [3.8, 4) is 0 Å². The van der Waals surface area contributed by atoms with Gasteiger partial charge in [-0.05, 0) is 30.7 Å². The van der Waals surface area contributed by atoms with Gasteiger partial charge in [0.05, 0.1) is 18.7 Å². The predicted octanol–water partition coefficient (Wildman–Crippen LogP) is 0.305. The summed E-state index contributed by atoms with van der Waals surface area (Å²) < 4.78 is 1.72. The summed E-state index contributed by atoms with van der Waals surface area (Å²) in [6.07, 6.45) is 5.77. The first-order valence-electron chi connectivity index (χ1n) is 8.61. The molecular weight excluding hydrogens is 324 g/mol. The molecule has 1 saturated carbocycles. The number of aromatic nitrogens is 2. The highest BCUT2D eigenvalue weighted by Gasteiger charge is 2.46. The minimum absolute atomic E-state index is 0.00142. The topological polar surface area (TPSA) is 95.7 Å². The molecule has 1 N–H and O–H groups in total. The van der Waals surface area contributed by atoms with Crippen LogP contribution in [0.2, 0.25) is 0 Å². The summed E-state index contributed by atoms with van der Waals surface area (Å²) in [5, 5.41) is 13.2. The molecule has 2 fully saturated rings. The van der Waals surface area contributed by atoms with E-state index < -0.39 is 11.9 Å². The molecule has 0 spiro atoms. The molecule has 3 unspecified atom stereocenters. The molecule has 8 heteroatoms. The highest BCUT2D eigenvalue weighted by Crippen LogP contribution is 2.48. The van der Waals surface area contributed by atoms with Crippen molar-refractivity contribution in [3.05, 3.63) is 18.0 Å². The maximum absolute atomic E-state index is 12.5. The van der Waals surface area contributed by atoms with Gasteiger partial charge in [-0.25, -0.2) is 0 Å². The predicted molar refractivity (Wildman–Crippen MR) is 88.6 cm³/mol. The number of amides is 2. The van der Waals surface area contributed by atoms with Gasteiger partial charge in [0, 0.05) is 39.3 Å². The van der Waals surface area contributed by atoms with Gasteiger partial charge in [-0.1, -0.05) is 0 Å². The average Bonchev–Trinajstić information content (AvgIpc) is 3.28.